The number of nitrogens with one attached hydrogen (secondary N) is 2. The molecule has 1 heterocycles. The first kappa shape index (κ1) is 15.2. The van der Waals surface area contributed by atoms with Crippen molar-refractivity contribution in [3.05, 3.63) is 29.0 Å². The van der Waals surface area contributed by atoms with E-state index in [4.69, 9.17) is 11.6 Å². The first-order chi connectivity index (χ1) is 9.35. The normalized spacial score (nSPS) is 21.4. The maximum absolute atomic E-state index is 13.0. The van der Waals surface area contributed by atoms with Crippen molar-refractivity contribution in [2.75, 3.05) is 23.4 Å². The van der Waals surface area contributed by atoms with Crippen molar-refractivity contribution in [2.24, 2.45) is 0 Å². The van der Waals surface area contributed by atoms with Crippen LogP contribution in [0.1, 0.15) is 6.42 Å². The second-order valence-electron chi connectivity index (χ2n) is 4.65. The summed E-state index contributed by atoms with van der Waals surface area (Å²) in [6.07, 6.45) is 0.0359. The molecule has 1 aromatic carbocycles. The summed E-state index contributed by atoms with van der Waals surface area (Å²) >= 11 is 5.61. The zero-order chi connectivity index (χ0) is 14.8. The molecule has 1 aromatic rings. The van der Waals surface area contributed by atoms with Crippen LogP contribution >= 0.6 is 11.6 Å². The van der Waals surface area contributed by atoms with Gasteiger partial charge in [-0.05, 0) is 18.2 Å². The van der Waals surface area contributed by atoms with E-state index in [9.17, 15) is 17.6 Å². The molecule has 1 atom stereocenters. The number of hydrogen-bond donors (Lipinski definition) is 2. The van der Waals surface area contributed by atoms with Gasteiger partial charge in [0, 0.05) is 24.7 Å². The Balaban J connectivity index is 1.93. The number of anilines is 1. The SMILES string of the molecule is O=C(CC1CS(=O)(=O)CCN1)Nc1ccc(F)c(Cl)c1. The van der Waals surface area contributed by atoms with Crippen molar-refractivity contribution in [3.63, 3.8) is 0 Å². The molecule has 20 heavy (non-hydrogen) atoms. The van der Waals surface area contributed by atoms with Crippen LogP contribution in [-0.2, 0) is 14.6 Å². The van der Waals surface area contributed by atoms with Crippen LogP contribution in [0.4, 0.5) is 10.1 Å². The maximum atomic E-state index is 13.0. The highest BCUT2D eigenvalue weighted by Gasteiger charge is 2.25. The van der Waals surface area contributed by atoms with Crippen molar-refractivity contribution in [1.29, 1.82) is 0 Å². The van der Waals surface area contributed by atoms with Gasteiger partial charge in [-0.1, -0.05) is 11.6 Å². The van der Waals surface area contributed by atoms with Gasteiger partial charge in [0.1, 0.15) is 5.82 Å². The molecule has 0 aliphatic carbocycles. The number of sulfone groups is 1. The number of carbonyl (C=O) groups is 1. The molecule has 0 bridgehead atoms. The van der Waals surface area contributed by atoms with Crippen molar-refractivity contribution < 1.29 is 17.6 Å². The number of hydrogen-bond acceptors (Lipinski definition) is 4. The molecule has 1 aliphatic rings. The van der Waals surface area contributed by atoms with Gasteiger partial charge in [-0.25, -0.2) is 12.8 Å². The van der Waals surface area contributed by atoms with E-state index in [1.165, 1.54) is 12.1 Å². The predicted molar refractivity (Wildman–Crippen MR) is 75.1 cm³/mol. The van der Waals surface area contributed by atoms with Gasteiger partial charge in [-0.3, -0.25) is 4.79 Å². The van der Waals surface area contributed by atoms with Crippen LogP contribution in [0.2, 0.25) is 5.02 Å². The lowest BCUT2D eigenvalue weighted by Crippen LogP contribution is -2.46. The third kappa shape index (κ3) is 4.16. The Bertz CT molecular complexity index is 621. The standard InChI is InChI=1S/C12H14ClFN2O3S/c13-10-5-8(1-2-11(10)14)16-12(17)6-9-7-20(18,19)4-3-15-9/h1-2,5,9,15H,3-4,6-7H2,(H,16,17). The first-order valence-corrected chi connectivity index (χ1v) is 8.24. The van der Waals surface area contributed by atoms with Crippen LogP contribution in [-0.4, -0.2) is 38.4 Å². The lowest BCUT2D eigenvalue weighted by Gasteiger charge is -2.23. The molecule has 2 rings (SSSR count). The molecule has 8 heteroatoms. The van der Waals surface area contributed by atoms with Crippen molar-refractivity contribution in [3.8, 4) is 0 Å². The van der Waals surface area contributed by atoms with Gasteiger partial charge in [0.25, 0.3) is 0 Å². The topological polar surface area (TPSA) is 75.3 Å². The quantitative estimate of drug-likeness (QED) is 0.877. The fraction of sp³-hybridized carbons (Fsp3) is 0.417. The number of rotatable bonds is 3. The molecule has 110 valence electrons. The monoisotopic (exact) mass is 320 g/mol. The van der Waals surface area contributed by atoms with Crippen LogP contribution in [0, 0.1) is 5.82 Å². The average molecular weight is 321 g/mol. The van der Waals surface area contributed by atoms with Crippen LogP contribution in [0.25, 0.3) is 0 Å². The highest BCUT2D eigenvalue weighted by atomic mass is 35.5. The Labute approximate surface area is 121 Å². The van der Waals surface area contributed by atoms with Gasteiger partial charge in [-0.15, -0.1) is 0 Å². The van der Waals surface area contributed by atoms with E-state index in [0.29, 0.717) is 12.2 Å². The summed E-state index contributed by atoms with van der Waals surface area (Å²) in [7, 11) is -3.08. The fourth-order valence-corrected chi connectivity index (χ4v) is 3.63. The second-order valence-corrected chi connectivity index (χ2v) is 7.28. The molecule has 0 radical (unpaired) electrons. The largest absolute Gasteiger partial charge is 0.326 e. The van der Waals surface area contributed by atoms with Gasteiger partial charge in [-0.2, -0.15) is 0 Å². The summed E-state index contributed by atoms with van der Waals surface area (Å²) in [5.74, 6) is -0.865. The van der Waals surface area contributed by atoms with Gasteiger partial charge in [0.2, 0.25) is 5.91 Å². The van der Waals surface area contributed by atoms with Crippen LogP contribution in [0.3, 0.4) is 0 Å². The van der Waals surface area contributed by atoms with Gasteiger partial charge < -0.3 is 10.6 Å². The number of benzene rings is 1. The van der Waals surface area contributed by atoms with E-state index in [0.717, 1.165) is 6.07 Å². The molecule has 0 spiro atoms. The van der Waals surface area contributed by atoms with E-state index in [2.05, 4.69) is 10.6 Å². The summed E-state index contributed by atoms with van der Waals surface area (Å²) in [5.41, 5.74) is 0.375. The number of halogens is 2. The summed E-state index contributed by atoms with van der Waals surface area (Å²) in [4.78, 5) is 11.8. The molecule has 5 nitrogen and oxygen atoms in total. The van der Waals surface area contributed by atoms with Crippen molar-refractivity contribution >= 4 is 33.0 Å². The number of amides is 1. The average Bonchev–Trinajstić information content (AvgIpc) is 2.32. The molecule has 0 aromatic heterocycles. The van der Waals surface area contributed by atoms with E-state index >= 15 is 0 Å². The summed E-state index contributed by atoms with van der Waals surface area (Å²) in [5, 5.41) is 5.46. The lowest BCUT2D eigenvalue weighted by atomic mass is 10.2. The van der Waals surface area contributed by atoms with E-state index < -0.39 is 21.7 Å². The molecule has 1 unspecified atom stereocenters. The minimum atomic E-state index is -3.08. The smallest absolute Gasteiger partial charge is 0.225 e. The predicted octanol–water partition coefficient (Wildman–Crippen LogP) is 1.19. The van der Waals surface area contributed by atoms with Gasteiger partial charge in [0.05, 0.1) is 16.5 Å². The molecule has 1 amide bonds. The Kier molecular flexibility index (Phi) is 4.62. The first-order valence-electron chi connectivity index (χ1n) is 6.04. The molecule has 2 N–H and O–H groups in total. The summed E-state index contributed by atoms with van der Waals surface area (Å²) < 4.78 is 35.9. The molecule has 1 saturated heterocycles. The third-order valence-corrected chi connectivity index (χ3v) is 4.96. The highest BCUT2D eigenvalue weighted by molar-refractivity contribution is 7.91. The van der Waals surface area contributed by atoms with Crippen molar-refractivity contribution in [2.45, 2.75) is 12.5 Å². The van der Waals surface area contributed by atoms with E-state index in [-0.39, 0.29) is 28.9 Å². The Morgan fingerprint density at radius 3 is 2.90 bits per heavy atom. The maximum Gasteiger partial charge on any atom is 0.225 e. The van der Waals surface area contributed by atoms with E-state index in [1.54, 1.807) is 0 Å². The van der Waals surface area contributed by atoms with Crippen LogP contribution in [0.5, 0.6) is 0 Å². The minimum absolute atomic E-state index is 0.0359. The van der Waals surface area contributed by atoms with E-state index in [1.807, 2.05) is 0 Å². The summed E-state index contributed by atoms with van der Waals surface area (Å²) in [6.45, 7) is 0.350. The number of carbonyl (C=O) groups excluding carboxylic acids is 1. The molecular formula is C12H14ClFN2O3S. The van der Waals surface area contributed by atoms with Crippen LogP contribution < -0.4 is 10.6 Å². The Morgan fingerprint density at radius 2 is 2.25 bits per heavy atom. The fourth-order valence-electron chi connectivity index (χ4n) is 2.01. The molecular weight excluding hydrogens is 307 g/mol. The highest BCUT2D eigenvalue weighted by Crippen LogP contribution is 2.19. The summed E-state index contributed by atoms with van der Waals surface area (Å²) in [6, 6.07) is 3.45. The molecule has 0 saturated carbocycles. The Morgan fingerprint density at radius 1 is 1.50 bits per heavy atom. The zero-order valence-corrected chi connectivity index (χ0v) is 12.1. The van der Waals surface area contributed by atoms with Crippen molar-refractivity contribution in [1.82, 2.24) is 5.32 Å². The minimum Gasteiger partial charge on any atom is -0.326 e. The zero-order valence-electron chi connectivity index (χ0n) is 10.5. The lowest BCUT2D eigenvalue weighted by molar-refractivity contribution is -0.116. The third-order valence-electron chi connectivity index (χ3n) is 2.94. The molecule has 1 aliphatic heterocycles. The van der Waals surface area contributed by atoms with Gasteiger partial charge in [0.15, 0.2) is 9.84 Å². The van der Waals surface area contributed by atoms with Gasteiger partial charge >= 0.3 is 0 Å². The second kappa shape index (κ2) is 6.07. The Hall–Kier alpha value is -1.18. The van der Waals surface area contributed by atoms with Crippen LogP contribution in [0.15, 0.2) is 18.2 Å². The molecule has 1 fully saturated rings.